The molecule has 1 spiro atoms. The van der Waals surface area contributed by atoms with Gasteiger partial charge < -0.3 is 10.0 Å². The number of aliphatic hydroxyl groups excluding tert-OH is 1. The Morgan fingerprint density at radius 3 is 2.58 bits per heavy atom. The Labute approximate surface area is 190 Å². The van der Waals surface area contributed by atoms with E-state index >= 15 is 0 Å². The number of carbonyl (C=O) groups excluding carboxylic acids is 3. The third-order valence-corrected chi connectivity index (χ3v) is 7.36. The molecule has 4 fully saturated rings. The number of β-amino-alcohol motifs (C(OH)–C–C–N with tert-alkyl or cyclic N) is 1. The SMILES string of the molecule is O=C1CCCN1CCCN1C(=O)[C@@H]2C[C@@H](O)CN2C2(CN(Cc3ccc(F)c(F)c3)C2)C1=O. The minimum Gasteiger partial charge on any atom is -0.392 e. The number of benzene rings is 1. The Morgan fingerprint density at radius 2 is 1.88 bits per heavy atom. The summed E-state index contributed by atoms with van der Waals surface area (Å²) in [6.07, 6.45) is 1.52. The molecule has 0 bridgehead atoms. The van der Waals surface area contributed by atoms with Gasteiger partial charge in [0.15, 0.2) is 11.6 Å². The molecule has 3 amide bonds. The van der Waals surface area contributed by atoms with Gasteiger partial charge in [-0.15, -0.1) is 0 Å². The van der Waals surface area contributed by atoms with Gasteiger partial charge in [0, 0.05) is 52.2 Å². The number of piperazine rings is 1. The monoisotopic (exact) mass is 462 g/mol. The zero-order chi connectivity index (χ0) is 23.3. The summed E-state index contributed by atoms with van der Waals surface area (Å²) in [6.45, 7) is 2.79. The second-order valence-corrected chi connectivity index (χ2v) is 9.62. The molecule has 1 aromatic rings. The van der Waals surface area contributed by atoms with Crippen molar-refractivity contribution < 1.29 is 28.3 Å². The molecule has 1 N–H and O–H groups in total. The van der Waals surface area contributed by atoms with Crippen molar-refractivity contribution in [2.45, 2.75) is 49.9 Å². The maximum absolute atomic E-state index is 13.6. The van der Waals surface area contributed by atoms with Gasteiger partial charge in [-0.05, 0) is 37.0 Å². The van der Waals surface area contributed by atoms with Crippen LogP contribution in [0.25, 0.3) is 0 Å². The summed E-state index contributed by atoms with van der Waals surface area (Å²) < 4.78 is 26.8. The molecule has 5 rings (SSSR count). The maximum Gasteiger partial charge on any atom is 0.252 e. The van der Waals surface area contributed by atoms with Crippen LogP contribution >= 0.6 is 0 Å². The van der Waals surface area contributed by atoms with Crippen LogP contribution in [0.15, 0.2) is 18.2 Å². The third-order valence-electron chi connectivity index (χ3n) is 7.36. The number of aliphatic hydroxyl groups is 1. The van der Waals surface area contributed by atoms with Crippen molar-refractivity contribution in [2.24, 2.45) is 0 Å². The van der Waals surface area contributed by atoms with Gasteiger partial charge in [-0.25, -0.2) is 8.78 Å². The summed E-state index contributed by atoms with van der Waals surface area (Å²) in [5.74, 6) is -2.26. The first-order chi connectivity index (χ1) is 15.8. The van der Waals surface area contributed by atoms with Crippen molar-refractivity contribution in [3.05, 3.63) is 35.4 Å². The van der Waals surface area contributed by atoms with Gasteiger partial charge in [-0.2, -0.15) is 0 Å². The van der Waals surface area contributed by atoms with Gasteiger partial charge in [-0.3, -0.25) is 29.1 Å². The summed E-state index contributed by atoms with van der Waals surface area (Å²) in [4.78, 5) is 45.4. The fourth-order valence-electron chi connectivity index (χ4n) is 5.77. The standard InChI is InChI=1S/C23H28F2N4O4/c24-17-5-4-15(9-18(17)25)11-26-13-23(14-26)22(33)28(8-2-7-27-6-1-3-20(27)31)21(32)19-10-16(30)12-29(19)23/h4-5,9,16,19,30H,1-3,6-8,10-14H2/t16-,19+/m1/s1. The molecule has 0 saturated carbocycles. The van der Waals surface area contributed by atoms with Crippen LogP contribution in [0.3, 0.4) is 0 Å². The number of rotatable bonds is 6. The Hall–Kier alpha value is -2.43. The predicted octanol–water partition coefficient (Wildman–Crippen LogP) is 0.336. The average Bonchev–Trinajstić information content (AvgIpc) is 3.34. The van der Waals surface area contributed by atoms with Crippen molar-refractivity contribution in [3.63, 3.8) is 0 Å². The zero-order valence-electron chi connectivity index (χ0n) is 18.4. The Bertz CT molecular complexity index is 983. The molecule has 4 saturated heterocycles. The smallest absolute Gasteiger partial charge is 0.252 e. The average molecular weight is 462 g/mol. The number of amides is 3. The second-order valence-electron chi connectivity index (χ2n) is 9.62. The van der Waals surface area contributed by atoms with Crippen molar-refractivity contribution >= 4 is 17.7 Å². The molecule has 4 aliphatic rings. The largest absolute Gasteiger partial charge is 0.392 e. The number of carbonyl (C=O) groups is 3. The Kier molecular flexibility index (Phi) is 5.70. The van der Waals surface area contributed by atoms with Gasteiger partial charge in [0.05, 0.1) is 12.1 Å². The van der Waals surface area contributed by atoms with Crippen LogP contribution in [0.2, 0.25) is 0 Å². The van der Waals surface area contributed by atoms with Gasteiger partial charge in [-0.1, -0.05) is 6.07 Å². The molecule has 8 nitrogen and oxygen atoms in total. The Balaban J connectivity index is 1.28. The lowest BCUT2D eigenvalue weighted by atomic mass is 9.82. The van der Waals surface area contributed by atoms with Crippen LogP contribution in [0, 0.1) is 11.6 Å². The fraction of sp³-hybridized carbons (Fsp3) is 0.609. The number of hydrogen-bond acceptors (Lipinski definition) is 6. The number of likely N-dealkylation sites (tertiary alicyclic amines) is 2. The van der Waals surface area contributed by atoms with E-state index in [9.17, 15) is 28.3 Å². The lowest BCUT2D eigenvalue weighted by molar-refractivity contribution is -0.180. The quantitative estimate of drug-likeness (QED) is 0.614. The van der Waals surface area contributed by atoms with Gasteiger partial charge in [0.1, 0.15) is 5.54 Å². The summed E-state index contributed by atoms with van der Waals surface area (Å²) in [5.41, 5.74) is -0.300. The summed E-state index contributed by atoms with van der Waals surface area (Å²) in [6, 6.07) is 3.21. The first-order valence-electron chi connectivity index (χ1n) is 11.5. The molecule has 0 unspecified atom stereocenters. The van der Waals surface area contributed by atoms with E-state index in [0.717, 1.165) is 18.6 Å². The molecule has 0 aromatic heterocycles. The highest BCUT2D eigenvalue weighted by Crippen LogP contribution is 2.41. The molecule has 0 radical (unpaired) electrons. The first kappa shape index (κ1) is 22.4. The molecule has 0 aliphatic carbocycles. The van der Waals surface area contributed by atoms with E-state index in [1.54, 1.807) is 4.90 Å². The van der Waals surface area contributed by atoms with Crippen LogP contribution < -0.4 is 0 Å². The molecule has 4 aliphatic heterocycles. The van der Waals surface area contributed by atoms with Crippen LogP contribution in [-0.4, -0.2) is 99.4 Å². The predicted molar refractivity (Wildman–Crippen MR) is 113 cm³/mol. The first-order valence-corrected chi connectivity index (χ1v) is 11.5. The molecule has 178 valence electrons. The van der Waals surface area contributed by atoms with Crippen molar-refractivity contribution in [3.8, 4) is 0 Å². The highest BCUT2D eigenvalue weighted by atomic mass is 19.2. The zero-order valence-corrected chi connectivity index (χ0v) is 18.4. The van der Waals surface area contributed by atoms with Crippen LogP contribution in [0.5, 0.6) is 0 Å². The van der Waals surface area contributed by atoms with Gasteiger partial charge in [0.25, 0.3) is 5.91 Å². The van der Waals surface area contributed by atoms with Crippen molar-refractivity contribution in [2.75, 3.05) is 39.3 Å². The highest BCUT2D eigenvalue weighted by molar-refractivity contribution is 6.06. The number of nitrogens with zero attached hydrogens (tertiary/aromatic N) is 4. The van der Waals surface area contributed by atoms with Crippen molar-refractivity contribution in [1.29, 1.82) is 0 Å². The Morgan fingerprint density at radius 1 is 1.09 bits per heavy atom. The summed E-state index contributed by atoms with van der Waals surface area (Å²) in [7, 11) is 0. The molecule has 2 atom stereocenters. The van der Waals surface area contributed by atoms with Gasteiger partial charge in [0.2, 0.25) is 11.8 Å². The minimum atomic E-state index is -0.910. The molecule has 10 heteroatoms. The van der Waals surface area contributed by atoms with E-state index in [-0.39, 0.29) is 37.2 Å². The number of imide groups is 1. The van der Waals surface area contributed by atoms with Crippen LogP contribution in [0.1, 0.15) is 31.2 Å². The van der Waals surface area contributed by atoms with E-state index in [2.05, 4.69) is 0 Å². The van der Waals surface area contributed by atoms with Gasteiger partial charge >= 0.3 is 0 Å². The number of halogens is 2. The maximum atomic E-state index is 13.6. The van der Waals surface area contributed by atoms with E-state index in [1.807, 2.05) is 9.80 Å². The third kappa shape index (κ3) is 3.83. The molecular weight excluding hydrogens is 434 g/mol. The number of fused-ring (bicyclic) bond motifs is 2. The van der Waals surface area contributed by atoms with E-state index in [0.29, 0.717) is 51.1 Å². The van der Waals surface area contributed by atoms with E-state index in [1.165, 1.54) is 11.0 Å². The number of hydrogen-bond donors (Lipinski definition) is 1. The lowest BCUT2D eigenvalue weighted by Crippen LogP contribution is -2.81. The minimum absolute atomic E-state index is 0.111. The molecule has 1 aromatic carbocycles. The van der Waals surface area contributed by atoms with Crippen LogP contribution in [-0.2, 0) is 20.9 Å². The summed E-state index contributed by atoms with van der Waals surface area (Å²) in [5, 5.41) is 10.2. The van der Waals surface area contributed by atoms with E-state index < -0.39 is 29.3 Å². The van der Waals surface area contributed by atoms with Crippen LogP contribution in [0.4, 0.5) is 8.78 Å². The van der Waals surface area contributed by atoms with Crippen molar-refractivity contribution in [1.82, 2.24) is 19.6 Å². The molecule has 4 heterocycles. The highest BCUT2D eigenvalue weighted by Gasteiger charge is 2.64. The molecule has 33 heavy (non-hydrogen) atoms. The topological polar surface area (TPSA) is 84.4 Å². The fourth-order valence-corrected chi connectivity index (χ4v) is 5.77. The normalized spacial score (nSPS) is 27.5. The second kappa shape index (κ2) is 8.41. The lowest BCUT2D eigenvalue weighted by Gasteiger charge is -2.58. The van der Waals surface area contributed by atoms with E-state index in [4.69, 9.17) is 0 Å². The summed E-state index contributed by atoms with van der Waals surface area (Å²) >= 11 is 0. The molecular formula is C23H28F2N4O4.